The smallest absolute Gasteiger partial charge is 0.481 e. The molecule has 1 unspecified atom stereocenters. The van der Waals surface area contributed by atoms with Crippen LogP contribution in [0.5, 0.6) is 5.75 Å². The number of carboxylic acids is 1. The maximum atomic E-state index is 12.1. The first-order chi connectivity index (χ1) is 9.74. The summed E-state index contributed by atoms with van der Waals surface area (Å²) in [4.78, 5) is 12.7. The van der Waals surface area contributed by atoms with Crippen LogP contribution in [0.2, 0.25) is 0 Å². The van der Waals surface area contributed by atoms with Crippen LogP contribution in [0.25, 0.3) is 0 Å². The molecule has 1 fully saturated rings. The molecule has 2 rings (SSSR count). The van der Waals surface area contributed by atoms with Gasteiger partial charge in [0.15, 0.2) is 0 Å². The zero-order valence-electron chi connectivity index (χ0n) is 11.4. The van der Waals surface area contributed by atoms with Crippen LogP contribution in [0.15, 0.2) is 24.3 Å². The molecule has 1 aromatic rings. The lowest BCUT2D eigenvalue weighted by atomic mass is 9.92. The maximum Gasteiger partial charge on any atom is 0.573 e. The molecule has 0 aliphatic carbocycles. The highest BCUT2D eigenvalue weighted by Gasteiger charge is 2.33. The molecule has 7 heteroatoms. The van der Waals surface area contributed by atoms with Crippen molar-refractivity contribution in [1.82, 2.24) is 4.90 Å². The third-order valence-corrected chi connectivity index (χ3v) is 3.59. The molecule has 0 bridgehead atoms. The van der Waals surface area contributed by atoms with Crippen molar-refractivity contribution in [3.63, 3.8) is 0 Å². The predicted octanol–water partition coefficient (Wildman–Crippen LogP) is 3.05. The molecule has 1 aliphatic heterocycles. The summed E-state index contributed by atoms with van der Waals surface area (Å²) in [5.41, 5.74) is 0.873. The predicted molar refractivity (Wildman–Crippen MR) is 68.9 cm³/mol. The number of aliphatic carboxylic acids is 1. The Morgan fingerprint density at radius 1 is 1.38 bits per heavy atom. The molecule has 0 radical (unpaired) electrons. The van der Waals surface area contributed by atoms with E-state index in [9.17, 15) is 18.0 Å². The number of alkyl halides is 3. The molecule has 0 saturated carbocycles. The molecule has 1 aliphatic rings. The standard InChI is InChI=1S/C14H16F3NO3/c1-9(18-7-10(8-18)6-13(19)20)11-2-4-12(5-3-11)21-14(15,16)17/h2-5,9-10H,6-8H2,1H3,(H,19,20). The fourth-order valence-electron chi connectivity index (χ4n) is 2.46. The topological polar surface area (TPSA) is 49.8 Å². The second-order valence-electron chi connectivity index (χ2n) is 5.21. The molecular weight excluding hydrogens is 287 g/mol. The molecule has 21 heavy (non-hydrogen) atoms. The van der Waals surface area contributed by atoms with Crippen LogP contribution in [0.1, 0.15) is 24.9 Å². The third kappa shape index (κ3) is 4.35. The Hall–Kier alpha value is -1.76. The molecule has 1 saturated heterocycles. The van der Waals surface area contributed by atoms with Crippen molar-refractivity contribution in [2.24, 2.45) is 5.92 Å². The zero-order valence-corrected chi connectivity index (χ0v) is 11.4. The van der Waals surface area contributed by atoms with E-state index in [0.29, 0.717) is 13.1 Å². The quantitative estimate of drug-likeness (QED) is 0.908. The summed E-state index contributed by atoms with van der Waals surface area (Å²) in [6.45, 7) is 3.32. The van der Waals surface area contributed by atoms with E-state index >= 15 is 0 Å². The molecule has 1 aromatic carbocycles. The summed E-state index contributed by atoms with van der Waals surface area (Å²) < 4.78 is 40.0. The van der Waals surface area contributed by atoms with Gasteiger partial charge >= 0.3 is 12.3 Å². The number of benzene rings is 1. The number of halogens is 3. The molecule has 0 amide bonds. The third-order valence-electron chi connectivity index (χ3n) is 3.59. The van der Waals surface area contributed by atoms with Gasteiger partial charge in [0, 0.05) is 19.1 Å². The van der Waals surface area contributed by atoms with E-state index in [0.717, 1.165) is 5.56 Å². The van der Waals surface area contributed by atoms with Crippen molar-refractivity contribution in [3.8, 4) is 5.75 Å². The SMILES string of the molecule is CC(c1ccc(OC(F)(F)F)cc1)N1CC(CC(=O)O)C1. The van der Waals surface area contributed by atoms with Gasteiger partial charge in [-0.05, 0) is 30.5 Å². The largest absolute Gasteiger partial charge is 0.573 e. The van der Waals surface area contributed by atoms with Crippen molar-refractivity contribution < 1.29 is 27.8 Å². The second-order valence-corrected chi connectivity index (χ2v) is 5.21. The van der Waals surface area contributed by atoms with Crippen molar-refractivity contribution in [2.45, 2.75) is 25.7 Å². The number of ether oxygens (including phenoxy) is 1. The number of carboxylic acid groups (broad SMARTS) is 1. The fraction of sp³-hybridized carbons (Fsp3) is 0.500. The van der Waals surface area contributed by atoms with Crippen LogP contribution in [0, 0.1) is 5.92 Å². The molecular formula is C14H16F3NO3. The van der Waals surface area contributed by atoms with E-state index in [2.05, 4.69) is 9.64 Å². The summed E-state index contributed by atoms with van der Waals surface area (Å²) >= 11 is 0. The van der Waals surface area contributed by atoms with E-state index in [4.69, 9.17) is 5.11 Å². The van der Waals surface area contributed by atoms with Crippen LogP contribution < -0.4 is 4.74 Å². The Morgan fingerprint density at radius 2 is 1.95 bits per heavy atom. The van der Waals surface area contributed by atoms with Crippen molar-refractivity contribution in [2.75, 3.05) is 13.1 Å². The molecule has 0 aromatic heterocycles. The van der Waals surface area contributed by atoms with Gasteiger partial charge in [-0.15, -0.1) is 13.2 Å². The van der Waals surface area contributed by atoms with Gasteiger partial charge in [0.1, 0.15) is 5.75 Å². The molecule has 1 atom stereocenters. The fourth-order valence-corrected chi connectivity index (χ4v) is 2.46. The number of likely N-dealkylation sites (tertiary alicyclic amines) is 1. The highest BCUT2D eigenvalue weighted by molar-refractivity contribution is 5.67. The lowest BCUT2D eigenvalue weighted by Crippen LogP contribution is -2.48. The minimum Gasteiger partial charge on any atom is -0.481 e. The van der Waals surface area contributed by atoms with Crippen molar-refractivity contribution in [1.29, 1.82) is 0 Å². The lowest BCUT2D eigenvalue weighted by Gasteiger charge is -2.42. The van der Waals surface area contributed by atoms with Gasteiger partial charge in [0.2, 0.25) is 0 Å². The molecule has 116 valence electrons. The van der Waals surface area contributed by atoms with Gasteiger partial charge < -0.3 is 9.84 Å². The second kappa shape index (κ2) is 5.93. The highest BCUT2D eigenvalue weighted by atomic mass is 19.4. The number of hydrogen-bond donors (Lipinski definition) is 1. The van der Waals surface area contributed by atoms with E-state index in [-0.39, 0.29) is 24.1 Å². The average molecular weight is 303 g/mol. The zero-order chi connectivity index (χ0) is 15.6. The number of hydrogen-bond acceptors (Lipinski definition) is 3. The molecule has 1 heterocycles. The van der Waals surface area contributed by atoms with Gasteiger partial charge in [-0.2, -0.15) is 0 Å². The molecule has 4 nitrogen and oxygen atoms in total. The summed E-state index contributed by atoms with van der Waals surface area (Å²) in [6.07, 6.45) is -4.53. The Labute approximate surface area is 120 Å². The van der Waals surface area contributed by atoms with Crippen LogP contribution in [-0.2, 0) is 4.79 Å². The Kier molecular flexibility index (Phi) is 4.41. The van der Waals surface area contributed by atoms with Crippen molar-refractivity contribution >= 4 is 5.97 Å². The monoisotopic (exact) mass is 303 g/mol. The first-order valence-corrected chi connectivity index (χ1v) is 6.56. The van der Waals surface area contributed by atoms with Gasteiger partial charge in [0.25, 0.3) is 0 Å². The molecule has 1 N–H and O–H groups in total. The Bertz CT molecular complexity index is 495. The molecule has 0 spiro atoms. The van der Waals surface area contributed by atoms with Gasteiger partial charge in [-0.3, -0.25) is 9.69 Å². The van der Waals surface area contributed by atoms with Gasteiger partial charge in [0.05, 0.1) is 6.42 Å². The first kappa shape index (κ1) is 15.6. The number of rotatable bonds is 5. The minimum absolute atomic E-state index is 0.0370. The summed E-state index contributed by atoms with van der Waals surface area (Å²) in [5, 5.41) is 8.69. The van der Waals surface area contributed by atoms with E-state index in [1.807, 2.05) is 6.92 Å². The van der Waals surface area contributed by atoms with Crippen LogP contribution >= 0.6 is 0 Å². The maximum absolute atomic E-state index is 12.1. The van der Waals surface area contributed by atoms with Gasteiger partial charge in [-0.1, -0.05) is 12.1 Å². The summed E-state index contributed by atoms with van der Waals surface area (Å²) in [7, 11) is 0. The van der Waals surface area contributed by atoms with Crippen LogP contribution in [-0.4, -0.2) is 35.4 Å². The van der Waals surface area contributed by atoms with Crippen LogP contribution in [0.3, 0.4) is 0 Å². The summed E-state index contributed by atoms with van der Waals surface area (Å²) in [5.74, 6) is -0.899. The number of nitrogens with zero attached hydrogens (tertiary/aromatic N) is 1. The van der Waals surface area contributed by atoms with E-state index in [1.54, 1.807) is 12.1 Å². The van der Waals surface area contributed by atoms with Gasteiger partial charge in [-0.25, -0.2) is 0 Å². The highest BCUT2D eigenvalue weighted by Crippen LogP contribution is 2.31. The van der Waals surface area contributed by atoms with Crippen molar-refractivity contribution in [3.05, 3.63) is 29.8 Å². The van der Waals surface area contributed by atoms with Crippen LogP contribution in [0.4, 0.5) is 13.2 Å². The van der Waals surface area contributed by atoms with E-state index < -0.39 is 12.3 Å². The minimum atomic E-state index is -4.69. The number of carbonyl (C=O) groups is 1. The lowest BCUT2D eigenvalue weighted by molar-refractivity contribution is -0.274. The first-order valence-electron chi connectivity index (χ1n) is 6.56. The normalized spacial score (nSPS) is 18.1. The summed E-state index contributed by atoms with van der Waals surface area (Å²) in [6, 6.07) is 5.80. The Morgan fingerprint density at radius 3 is 2.43 bits per heavy atom. The van der Waals surface area contributed by atoms with E-state index in [1.165, 1.54) is 12.1 Å². The Balaban J connectivity index is 1.89. The average Bonchev–Trinajstić information content (AvgIpc) is 2.31.